The summed E-state index contributed by atoms with van der Waals surface area (Å²) < 4.78 is 7.26. The lowest BCUT2D eigenvalue weighted by molar-refractivity contribution is 0.280. The Balaban J connectivity index is 1.57. The van der Waals surface area contributed by atoms with E-state index >= 15 is 0 Å². The smallest absolute Gasteiger partial charge is 0.146 e. The topological polar surface area (TPSA) is 34.1 Å². The molecule has 2 aromatic rings. The molecule has 1 saturated carbocycles. The van der Waals surface area contributed by atoms with E-state index in [-0.39, 0.29) is 0 Å². The van der Waals surface area contributed by atoms with Crippen molar-refractivity contribution in [3.63, 3.8) is 0 Å². The molecule has 1 aromatic carbocycles. The molecule has 3 nitrogen and oxygen atoms in total. The molecule has 2 heterocycles. The summed E-state index contributed by atoms with van der Waals surface area (Å²) in [6.07, 6.45) is 5.10. The van der Waals surface area contributed by atoms with Crippen LogP contribution in [0.1, 0.15) is 36.6 Å². The van der Waals surface area contributed by atoms with Crippen LogP contribution >= 0.6 is 11.3 Å². The van der Waals surface area contributed by atoms with Crippen LogP contribution in [-0.2, 0) is 0 Å². The van der Waals surface area contributed by atoms with Gasteiger partial charge in [-0.1, -0.05) is 6.07 Å². The first-order valence-corrected chi connectivity index (χ1v) is 7.97. The highest BCUT2D eigenvalue weighted by molar-refractivity contribution is 7.18. The molecule has 1 N–H and O–H groups in total. The summed E-state index contributed by atoms with van der Waals surface area (Å²) in [5.74, 6) is 1.68. The normalized spacial score (nSPS) is 23.1. The molecule has 0 radical (unpaired) electrons. The van der Waals surface area contributed by atoms with Gasteiger partial charge in [-0.2, -0.15) is 0 Å². The maximum Gasteiger partial charge on any atom is 0.146 e. The summed E-state index contributed by atoms with van der Waals surface area (Å²) >= 11 is 1.83. The molecule has 4 heteroatoms. The van der Waals surface area contributed by atoms with E-state index < -0.39 is 0 Å². The van der Waals surface area contributed by atoms with Crippen molar-refractivity contribution in [2.24, 2.45) is 0 Å². The van der Waals surface area contributed by atoms with E-state index in [0.29, 0.717) is 6.04 Å². The van der Waals surface area contributed by atoms with Crippen LogP contribution in [0.15, 0.2) is 18.2 Å². The molecule has 19 heavy (non-hydrogen) atoms. The molecule has 1 unspecified atom stereocenters. The number of aromatic nitrogens is 1. The van der Waals surface area contributed by atoms with Gasteiger partial charge in [0.2, 0.25) is 0 Å². The average Bonchev–Trinajstić information content (AvgIpc) is 2.99. The van der Waals surface area contributed by atoms with Crippen molar-refractivity contribution in [2.75, 3.05) is 13.2 Å². The average molecular weight is 274 g/mol. The van der Waals surface area contributed by atoms with Crippen molar-refractivity contribution in [1.29, 1.82) is 0 Å². The van der Waals surface area contributed by atoms with Crippen LogP contribution in [0.2, 0.25) is 0 Å². The Bertz CT molecular complexity index is 585. The molecule has 4 rings (SSSR count). The van der Waals surface area contributed by atoms with Crippen LogP contribution in [0.5, 0.6) is 5.75 Å². The first kappa shape index (κ1) is 11.7. The van der Waals surface area contributed by atoms with Gasteiger partial charge in [0, 0.05) is 12.0 Å². The van der Waals surface area contributed by atoms with Crippen molar-refractivity contribution < 1.29 is 4.74 Å². The summed E-state index contributed by atoms with van der Waals surface area (Å²) in [5.41, 5.74) is 1.06. The van der Waals surface area contributed by atoms with Crippen molar-refractivity contribution in [3.05, 3.63) is 23.2 Å². The quantitative estimate of drug-likeness (QED) is 0.929. The van der Waals surface area contributed by atoms with Crippen LogP contribution < -0.4 is 10.1 Å². The van der Waals surface area contributed by atoms with Gasteiger partial charge in [0.1, 0.15) is 17.9 Å². The van der Waals surface area contributed by atoms with E-state index in [9.17, 15) is 0 Å². The first-order chi connectivity index (χ1) is 9.40. The number of rotatable bonds is 4. The zero-order valence-corrected chi connectivity index (χ0v) is 11.7. The molecule has 1 aromatic heterocycles. The minimum atomic E-state index is 0.511. The van der Waals surface area contributed by atoms with Gasteiger partial charge in [-0.3, -0.25) is 0 Å². The molecule has 0 spiro atoms. The maximum absolute atomic E-state index is 6.00. The molecular weight excluding hydrogens is 256 g/mol. The number of nitrogens with one attached hydrogen (secondary N) is 1. The number of ether oxygens (including phenoxy) is 1. The number of thiazole rings is 1. The largest absolute Gasteiger partial charge is 0.490 e. The fourth-order valence-electron chi connectivity index (χ4n) is 2.65. The highest BCUT2D eigenvalue weighted by atomic mass is 32.1. The van der Waals surface area contributed by atoms with E-state index in [1.165, 1.54) is 35.4 Å². The summed E-state index contributed by atoms with van der Waals surface area (Å²) in [6.45, 7) is 1.89. The Morgan fingerprint density at radius 1 is 1.32 bits per heavy atom. The first-order valence-electron chi connectivity index (χ1n) is 7.16. The van der Waals surface area contributed by atoms with Crippen molar-refractivity contribution in [1.82, 2.24) is 10.3 Å². The van der Waals surface area contributed by atoms with Gasteiger partial charge in [0.15, 0.2) is 0 Å². The van der Waals surface area contributed by atoms with Gasteiger partial charge in [0.25, 0.3) is 0 Å². The fourth-order valence-corrected chi connectivity index (χ4v) is 3.81. The second-order valence-corrected chi connectivity index (χ2v) is 6.60. The highest BCUT2D eigenvalue weighted by Gasteiger charge is 2.27. The molecule has 0 amide bonds. The lowest BCUT2D eigenvalue weighted by Gasteiger charge is -2.12. The van der Waals surface area contributed by atoms with E-state index in [1.54, 1.807) is 0 Å². The standard InChI is InChI=1S/C15H18N2OS/c1-4-12(18-9-11-3-2-8-16-11)14-13(5-1)19-15(17-14)10-6-7-10/h1,4-5,10-11,16H,2-3,6-9H2. The Labute approximate surface area is 117 Å². The number of para-hydroxylation sites is 1. The van der Waals surface area contributed by atoms with Crippen LogP contribution in [0, 0.1) is 0 Å². The number of hydrogen-bond acceptors (Lipinski definition) is 4. The summed E-state index contributed by atoms with van der Waals surface area (Å²) in [7, 11) is 0. The zero-order chi connectivity index (χ0) is 12.7. The van der Waals surface area contributed by atoms with Crippen molar-refractivity contribution >= 4 is 21.6 Å². The molecule has 1 atom stereocenters. The Morgan fingerprint density at radius 3 is 3.05 bits per heavy atom. The van der Waals surface area contributed by atoms with Crippen LogP contribution in [-0.4, -0.2) is 24.2 Å². The second-order valence-electron chi connectivity index (χ2n) is 5.53. The van der Waals surface area contributed by atoms with Gasteiger partial charge in [-0.15, -0.1) is 11.3 Å². The Morgan fingerprint density at radius 2 is 2.26 bits per heavy atom. The molecule has 0 bridgehead atoms. The van der Waals surface area contributed by atoms with E-state index in [1.807, 2.05) is 17.4 Å². The van der Waals surface area contributed by atoms with Gasteiger partial charge in [-0.05, 0) is 44.4 Å². The molecular formula is C15H18N2OS. The number of fused-ring (bicyclic) bond motifs is 1. The molecule has 100 valence electrons. The predicted molar refractivity (Wildman–Crippen MR) is 78.1 cm³/mol. The number of nitrogens with zero attached hydrogens (tertiary/aromatic N) is 1. The monoisotopic (exact) mass is 274 g/mol. The summed E-state index contributed by atoms with van der Waals surface area (Å²) in [6, 6.07) is 6.79. The van der Waals surface area contributed by atoms with E-state index in [2.05, 4.69) is 17.4 Å². The van der Waals surface area contributed by atoms with E-state index in [0.717, 1.165) is 30.3 Å². The lowest BCUT2D eigenvalue weighted by atomic mass is 10.2. The number of hydrogen-bond donors (Lipinski definition) is 1. The third-order valence-electron chi connectivity index (χ3n) is 3.93. The summed E-state index contributed by atoms with van der Waals surface area (Å²) in [4.78, 5) is 4.79. The third-order valence-corrected chi connectivity index (χ3v) is 5.11. The molecule has 1 saturated heterocycles. The number of benzene rings is 1. The molecule has 2 fully saturated rings. The zero-order valence-electron chi connectivity index (χ0n) is 10.9. The van der Waals surface area contributed by atoms with Gasteiger partial charge in [0.05, 0.1) is 9.71 Å². The van der Waals surface area contributed by atoms with Gasteiger partial charge < -0.3 is 10.1 Å². The minimum Gasteiger partial charge on any atom is -0.490 e. The SMILES string of the molecule is c1cc(OCC2CCCN2)c2nc(C3CC3)sc2c1. The van der Waals surface area contributed by atoms with Crippen molar-refractivity contribution in [3.8, 4) is 5.75 Å². The Hall–Kier alpha value is -1.13. The minimum absolute atomic E-state index is 0.511. The predicted octanol–water partition coefficient (Wildman–Crippen LogP) is 3.30. The van der Waals surface area contributed by atoms with Crippen LogP contribution in [0.4, 0.5) is 0 Å². The molecule has 1 aliphatic carbocycles. The Kier molecular flexibility index (Phi) is 2.93. The summed E-state index contributed by atoms with van der Waals surface area (Å²) in [5, 5.41) is 4.76. The van der Waals surface area contributed by atoms with Crippen LogP contribution in [0.25, 0.3) is 10.2 Å². The van der Waals surface area contributed by atoms with Crippen LogP contribution in [0.3, 0.4) is 0 Å². The highest BCUT2D eigenvalue weighted by Crippen LogP contribution is 2.44. The lowest BCUT2D eigenvalue weighted by Crippen LogP contribution is -2.28. The molecule has 2 aliphatic rings. The van der Waals surface area contributed by atoms with Crippen molar-refractivity contribution in [2.45, 2.75) is 37.6 Å². The fraction of sp³-hybridized carbons (Fsp3) is 0.533. The third kappa shape index (κ3) is 2.35. The van der Waals surface area contributed by atoms with E-state index in [4.69, 9.17) is 9.72 Å². The molecule has 1 aliphatic heterocycles. The maximum atomic E-state index is 6.00. The van der Waals surface area contributed by atoms with Gasteiger partial charge >= 0.3 is 0 Å². The second kappa shape index (κ2) is 4.76. The van der Waals surface area contributed by atoms with Gasteiger partial charge in [-0.25, -0.2) is 4.98 Å².